The van der Waals surface area contributed by atoms with E-state index >= 15 is 0 Å². The highest BCUT2D eigenvalue weighted by Gasteiger charge is 2.11. The number of hydrogen-bond donors (Lipinski definition) is 1. The lowest BCUT2D eigenvalue weighted by atomic mass is 10.0. The van der Waals surface area contributed by atoms with Crippen LogP contribution in [0.3, 0.4) is 0 Å². The second-order valence-electron chi connectivity index (χ2n) is 5.14. The molecule has 0 atom stereocenters. The zero-order valence-corrected chi connectivity index (χ0v) is 12.5. The number of benzene rings is 1. The minimum absolute atomic E-state index is 0.0733. The van der Waals surface area contributed by atoms with Gasteiger partial charge in [0, 0.05) is 6.92 Å². The molecule has 0 bridgehead atoms. The van der Waals surface area contributed by atoms with Crippen LogP contribution in [0.2, 0.25) is 0 Å². The summed E-state index contributed by atoms with van der Waals surface area (Å²) in [6.07, 6.45) is 1.43. The van der Waals surface area contributed by atoms with Crippen LogP contribution in [0.5, 0.6) is 0 Å². The van der Waals surface area contributed by atoms with Gasteiger partial charge in [0.15, 0.2) is 0 Å². The fraction of sp³-hybridized carbons (Fsp3) is 0.500. The Kier molecular flexibility index (Phi) is 5.54. The largest absolute Gasteiger partial charge is 0.274 e. The fourth-order valence-electron chi connectivity index (χ4n) is 1.84. The number of hydrogen-bond acceptors (Lipinski definition) is 3. The van der Waals surface area contributed by atoms with Crippen molar-refractivity contribution in [1.29, 1.82) is 0 Å². The minimum atomic E-state index is -3.51. The van der Waals surface area contributed by atoms with Crippen molar-refractivity contribution in [1.82, 2.24) is 4.72 Å². The maximum atomic E-state index is 11.5. The van der Waals surface area contributed by atoms with Crippen LogP contribution in [-0.2, 0) is 27.7 Å². The highest BCUT2D eigenvalue weighted by molar-refractivity contribution is 7.90. The van der Waals surface area contributed by atoms with Gasteiger partial charge in [0.05, 0.1) is 5.75 Å². The fourth-order valence-corrected chi connectivity index (χ4v) is 2.88. The van der Waals surface area contributed by atoms with Gasteiger partial charge in [0.1, 0.15) is 0 Å². The Labute approximate surface area is 115 Å². The minimum Gasteiger partial charge on any atom is -0.274 e. The number of sulfonamides is 1. The van der Waals surface area contributed by atoms with E-state index in [4.69, 9.17) is 0 Å². The van der Waals surface area contributed by atoms with E-state index in [1.807, 2.05) is 29.0 Å². The molecule has 0 aliphatic heterocycles. The Morgan fingerprint density at radius 3 is 2.16 bits per heavy atom. The van der Waals surface area contributed by atoms with Crippen molar-refractivity contribution in [3.05, 3.63) is 35.4 Å². The van der Waals surface area contributed by atoms with Crippen LogP contribution >= 0.6 is 0 Å². The molecule has 106 valence electrons. The molecule has 0 unspecified atom stereocenters. The summed E-state index contributed by atoms with van der Waals surface area (Å²) in [4.78, 5) is 10.7. The third-order valence-corrected chi connectivity index (χ3v) is 3.97. The number of carbonyl (C=O) groups is 1. The molecule has 19 heavy (non-hydrogen) atoms. The molecule has 0 spiro atoms. The summed E-state index contributed by atoms with van der Waals surface area (Å²) in [5.74, 6) is -0.0193. The molecule has 4 nitrogen and oxygen atoms in total. The predicted molar refractivity (Wildman–Crippen MR) is 76.3 cm³/mol. The number of rotatable bonds is 6. The number of nitrogens with one attached hydrogen (secondary N) is 1. The van der Waals surface area contributed by atoms with Crippen molar-refractivity contribution < 1.29 is 13.2 Å². The molecule has 1 N–H and O–H groups in total. The first-order chi connectivity index (χ1) is 8.78. The van der Waals surface area contributed by atoms with Crippen LogP contribution in [-0.4, -0.2) is 20.1 Å². The van der Waals surface area contributed by atoms with Crippen molar-refractivity contribution in [2.45, 2.75) is 33.6 Å². The van der Waals surface area contributed by atoms with E-state index in [1.165, 1.54) is 12.5 Å². The summed E-state index contributed by atoms with van der Waals surface area (Å²) in [6, 6.07) is 7.95. The van der Waals surface area contributed by atoms with Crippen LogP contribution < -0.4 is 4.72 Å². The molecule has 0 aliphatic rings. The lowest BCUT2D eigenvalue weighted by molar-refractivity contribution is -0.117. The molecule has 5 heteroatoms. The average molecular weight is 283 g/mol. The van der Waals surface area contributed by atoms with Gasteiger partial charge in [-0.3, -0.25) is 9.52 Å². The third-order valence-electron chi connectivity index (χ3n) is 2.63. The van der Waals surface area contributed by atoms with Crippen molar-refractivity contribution in [2.75, 3.05) is 5.75 Å². The van der Waals surface area contributed by atoms with E-state index in [0.29, 0.717) is 12.3 Å². The van der Waals surface area contributed by atoms with Crippen LogP contribution in [0, 0.1) is 5.92 Å². The highest BCUT2D eigenvalue weighted by Crippen LogP contribution is 2.10. The van der Waals surface area contributed by atoms with Gasteiger partial charge in [-0.2, -0.15) is 0 Å². The topological polar surface area (TPSA) is 63.2 Å². The zero-order valence-electron chi connectivity index (χ0n) is 11.6. The molecule has 0 saturated carbocycles. The standard InChI is InChI=1S/C14H21NO3S/c1-11(2)10-14-6-4-13(5-7-14)8-9-19(17,18)15-12(3)16/h4-7,11H,8-10H2,1-3H3,(H,15,16). The Morgan fingerprint density at radius 2 is 1.68 bits per heavy atom. The van der Waals surface area contributed by atoms with Crippen molar-refractivity contribution in [3.63, 3.8) is 0 Å². The maximum absolute atomic E-state index is 11.5. The van der Waals surface area contributed by atoms with Crippen LogP contribution in [0.15, 0.2) is 24.3 Å². The average Bonchev–Trinajstić information content (AvgIpc) is 2.25. The zero-order chi connectivity index (χ0) is 14.5. The van der Waals surface area contributed by atoms with Gasteiger partial charge in [-0.05, 0) is 29.9 Å². The van der Waals surface area contributed by atoms with Crippen LogP contribution in [0.4, 0.5) is 0 Å². The van der Waals surface area contributed by atoms with Gasteiger partial charge in [-0.25, -0.2) is 8.42 Å². The summed E-state index contributed by atoms with van der Waals surface area (Å²) in [7, 11) is -3.51. The van der Waals surface area contributed by atoms with Crippen molar-refractivity contribution in [3.8, 4) is 0 Å². The number of amides is 1. The first-order valence-electron chi connectivity index (χ1n) is 6.37. The first kappa shape index (κ1) is 15.7. The second kappa shape index (κ2) is 6.70. The SMILES string of the molecule is CC(=O)NS(=O)(=O)CCc1ccc(CC(C)C)cc1. The molecule has 1 aromatic carbocycles. The lowest BCUT2D eigenvalue weighted by Gasteiger charge is -2.07. The molecule has 0 aromatic heterocycles. The molecule has 0 fully saturated rings. The first-order valence-corrected chi connectivity index (χ1v) is 8.02. The molecule has 0 saturated heterocycles. The van der Waals surface area contributed by atoms with E-state index in [9.17, 15) is 13.2 Å². The van der Waals surface area contributed by atoms with Gasteiger partial charge >= 0.3 is 0 Å². The molecular formula is C14H21NO3S. The Morgan fingerprint density at radius 1 is 1.16 bits per heavy atom. The summed E-state index contributed by atoms with van der Waals surface area (Å²) < 4.78 is 24.9. The summed E-state index contributed by atoms with van der Waals surface area (Å²) in [5.41, 5.74) is 2.21. The van der Waals surface area contributed by atoms with E-state index < -0.39 is 15.9 Å². The van der Waals surface area contributed by atoms with Gasteiger partial charge in [-0.15, -0.1) is 0 Å². The summed E-state index contributed by atoms with van der Waals surface area (Å²) in [5, 5.41) is 0. The van der Waals surface area contributed by atoms with Crippen molar-refractivity contribution >= 4 is 15.9 Å². The van der Waals surface area contributed by atoms with Crippen LogP contribution in [0.1, 0.15) is 31.9 Å². The van der Waals surface area contributed by atoms with Crippen LogP contribution in [0.25, 0.3) is 0 Å². The Balaban J connectivity index is 2.57. The van der Waals surface area contributed by atoms with E-state index in [0.717, 1.165) is 12.0 Å². The summed E-state index contributed by atoms with van der Waals surface area (Å²) >= 11 is 0. The normalized spacial score (nSPS) is 11.6. The highest BCUT2D eigenvalue weighted by atomic mass is 32.2. The summed E-state index contributed by atoms with van der Waals surface area (Å²) in [6.45, 7) is 5.51. The quantitative estimate of drug-likeness (QED) is 0.867. The lowest BCUT2D eigenvalue weighted by Crippen LogP contribution is -2.31. The predicted octanol–water partition coefficient (Wildman–Crippen LogP) is 1.89. The third kappa shape index (κ3) is 6.38. The maximum Gasteiger partial charge on any atom is 0.235 e. The van der Waals surface area contributed by atoms with Crippen molar-refractivity contribution in [2.24, 2.45) is 5.92 Å². The van der Waals surface area contributed by atoms with E-state index in [1.54, 1.807) is 0 Å². The monoisotopic (exact) mass is 283 g/mol. The van der Waals surface area contributed by atoms with Gasteiger partial charge in [0.25, 0.3) is 0 Å². The second-order valence-corrected chi connectivity index (χ2v) is 6.98. The molecular weight excluding hydrogens is 262 g/mol. The van der Waals surface area contributed by atoms with Gasteiger partial charge < -0.3 is 0 Å². The molecule has 1 amide bonds. The molecule has 0 aliphatic carbocycles. The van der Waals surface area contributed by atoms with E-state index in [-0.39, 0.29) is 5.75 Å². The molecule has 0 radical (unpaired) electrons. The van der Waals surface area contributed by atoms with Gasteiger partial charge in [0.2, 0.25) is 15.9 Å². The molecule has 1 rings (SSSR count). The van der Waals surface area contributed by atoms with Gasteiger partial charge in [-0.1, -0.05) is 38.1 Å². The molecule has 0 heterocycles. The Bertz CT molecular complexity index is 518. The molecule has 1 aromatic rings. The van der Waals surface area contributed by atoms with E-state index in [2.05, 4.69) is 13.8 Å². The number of aryl methyl sites for hydroxylation is 1. The Hall–Kier alpha value is -1.36. The smallest absolute Gasteiger partial charge is 0.235 e. The number of carbonyl (C=O) groups excluding carboxylic acids is 1.